The highest BCUT2D eigenvalue weighted by Crippen LogP contribution is 2.13. The minimum atomic E-state index is -0.593. The first-order valence-electron chi connectivity index (χ1n) is 8.13. The molecular formula is C17H15N7O4. The second-order valence-corrected chi connectivity index (χ2v) is 5.59. The monoisotopic (exact) mass is 381 g/mol. The second-order valence-electron chi connectivity index (χ2n) is 5.59. The lowest BCUT2D eigenvalue weighted by atomic mass is 10.2. The fourth-order valence-electron chi connectivity index (χ4n) is 2.37. The fraction of sp³-hybridized carbons (Fsp3) is 0.118. The van der Waals surface area contributed by atoms with E-state index in [0.717, 1.165) is 6.07 Å². The molecule has 0 spiro atoms. The number of nitrogens with one attached hydrogen (secondary N) is 2. The molecule has 0 saturated carbocycles. The fourth-order valence-corrected chi connectivity index (χ4v) is 2.37. The van der Waals surface area contributed by atoms with Crippen LogP contribution in [0, 0.1) is 10.1 Å². The number of nitro groups is 1. The molecule has 3 rings (SSSR count). The predicted octanol–water partition coefficient (Wildman–Crippen LogP) is 0.617. The van der Waals surface area contributed by atoms with E-state index in [-0.39, 0.29) is 24.3 Å². The molecule has 0 atom stereocenters. The standard InChI is InChI=1S/C17H15N7O4/c25-15(9-21-17(26)12-3-1-5-14(7-12)24(27)28)20-8-13-4-2-6-19-16(13)23-11-18-10-22-23/h1-7,10-11H,8-9H2,(H,20,25)(H,21,26). The van der Waals surface area contributed by atoms with Gasteiger partial charge < -0.3 is 10.6 Å². The van der Waals surface area contributed by atoms with Crippen LogP contribution in [0.15, 0.2) is 55.2 Å². The molecular weight excluding hydrogens is 366 g/mol. The summed E-state index contributed by atoms with van der Waals surface area (Å²) in [7, 11) is 0. The summed E-state index contributed by atoms with van der Waals surface area (Å²) in [6, 6.07) is 8.77. The molecule has 28 heavy (non-hydrogen) atoms. The van der Waals surface area contributed by atoms with Crippen molar-refractivity contribution in [2.45, 2.75) is 6.54 Å². The highest BCUT2D eigenvalue weighted by atomic mass is 16.6. The van der Waals surface area contributed by atoms with Crippen LogP contribution < -0.4 is 10.6 Å². The zero-order valence-electron chi connectivity index (χ0n) is 14.5. The molecule has 0 bridgehead atoms. The molecule has 0 aliphatic carbocycles. The van der Waals surface area contributed by atoms with Crippen molar-refractivity contribution in [2.24, 2.45) is 0 Å². The van der Waals surface area contributed by atoms with Gasteiger partial charge in [-0.15, -0.1) is 0 Å². The average Bonchev–Trinajstić information content (AvgIpc) is 3.25. The first kappa shape index (κ1) is 18.6. The average molecular weight is 381 g/mol. The predicted molar refractivity (Wildman–Crippen MR) is 96.4 cm³/mol. The van der Waals surface area contributed by atoms with Gasteiger partial charge in [0.15, 0.2) is 5.82 Å². The van der Waals surface area contributed by atoms with E-state index in [4.69, 9.17) is 0 Å². The number of nitrogens with zero attached hydrogens (tertiary/aromatic N) is 5. The summed E-state index contributed by atoms with van der Waals surface area (Å²) in [4.78, 5) is 42.4. The third kappa shape index (κ3) is 4.52. The summed E-state index contributed by atoms with van der Waals surface area (Å²) in [5, 5.41) is 19.9. The van der Waals surface area contributed by atoms with Crippen LogP contribution in [0.3, 0.4) is 0 Å². The number of nitro benzene ring substituents is 1. The van der Waals surface area contributed by atoms with Crippen molar-refractivity contribution in [3.05, 3.63) is 76.5 Å². The summed E-state index contributed by atoms with van der Waals surface area (Å²) in [6.45, 7) is -0.102. The van der Waals surface area contributed by atoms with Crippen molar-refractivity contribution in [3.8, 4) is 5.82 Å². The number of amides is 2. The Hall–Kier alpha value is -4.15. The number of hydrogen-bond donors (Lipinski definition) is 2. The van der Waals surface area contributed by atoms with Gasteiger partial charge in [0.2, 0.25) is 5.91 Å². The van der Waals surface area contributed by atoms with Gasteiger partial charge in [0, 0.05) is 36.0 Å². The van der Waals surface area contributed by atoms with E-state index in [9.17, 15) is 19.7 Å². The summed E-state index contributed by atoms with van der Waals surface area (Å²) < 4.78 is 1.48. The Morgan fingerprint density at radius 1 is 1.18 bits per heavy atom. The Bertz CT molecular complexity index is 1000. The van der Waals surface area contributed by atoms with Gasteiger partial charge in [-0.3, -0.25) is 19.7 Å². The third-order valence-electron chi connectivity index (χ3n) is 3.71. The van der Waals surface area contributed by atoms with Crippen LogP contribution in [0.1, 0.15) is 15.9 Å². The number of hydrogen-bond acceptors (Lipinski definition) is 7. The highest BCUT2D eigenvalue weighted by molar-refractivity contribution is 5.96. The Labute approximate surface area is 158 Å². The summed E-state index contributed by atoms with van der Waals surface area (Å²) in [5.74, 6) is -0.475. The van der Waals surface area contributed by atoms with Crippen LogP contribution in [0.2, 0.25) is 0 Å². The molecule has 0 aliphatic rings. The van der Waals surface area contributed by atoms with Crippen molar-refractivity contribution in [1.29, 1.82) is 0 Å². The maximum atomic E-state index is 12.1. The largest absolute Gasteiger partial charge is 0.350 e. The van der Waals surface area contributed by atoms with Gasteiger partial charge in [-0.05, 0) is 12.1 Å². The Morgan fingerprint density at radius 2 is 2.04 bits per heavy atom. The Kier molecular flexibility index (Phi) is 5.65. The number of pyridine rings is 1. The van der Waals surface area contributed by atoms with Crippen molar-refractivity contribution in [2.75, 3.05) is 6.54 Å². The van der Waals surface area contributed by atoms with Crippen LogP contribution in [0.25, 0.3) is 5.82 Å². The summed E-state index contributed by atoms with van der Waals surface area (Å²) in [6.07, 6.45) is 4.47. The molecule has 11 nitrogen and oxygen atoms in total. The molecule has 1 aromatic carbocycles. The Balaban J connectivity index is 1.55. The number of carbonyl (C=O) groups is 2. The first-order chi connectivity index (χ1) is 13.5. The van der Waals surface area contributed by atoms with Gasteiger partial charge >= 0.3 is 0 Å². The molecule has 0 unspecified atom stereocenters. The van der Waals surface area contributed by atoms with Crippen molar-refractivity contribution in [3.63, 3.8) is 0 Å². The molecule has 11 heteroatoms. The smallest absolute Gasteiger partial charge is 0.270 e. The van der Waals surface area contributed by atoms with Crippen molar-refractivity contribution < 1.29 is 14.5 Å². The summed E-state index contributed by atoms with van der Waals surface area (Å²) in [5.41, 5.74) is 0.614. The molecule has 0 fully saturated rings. The van der Waals surface area contributed by atoms with Crippen LogP contribution in [0.4, 0.5) is 5.69 Å². The molecule has 3 aromatic rings. The summed E-state index contributed by atoms with van der Waals surface area (Å²) >= 11 is 0. The number of benzene rings is 1. The topological polar surface area (TPSA) is 145 Å². The quantitative estimate of drug-likeness (QED) is 0.450. The molecule has 0 radical (unpaired) electrons. The van der Waals surface area contributed by atoms with Crippen molar-refractivity contribution in [1.82, 2.24) is 30.4 Å². The minimum Gasteiger partial charge on any atom is -0.350 e. The van der Waals surface area contributed by atoms with E-state index in [1.54, 1.807) is 18.3 Å². The molecule has 2 aromatic heterocycles. The van der Waals surface area contributed by atoms with Gasteiger partial charge in [-0.25, -0.2) is 14.6 Å². The lowest BCUT2D eigenvalue weighted by molar-refractivity contribution is -0.384. The van der Waals surface area contributed by atoms with Crippen LogP contribution in [-0.2, 0) is 11.3 Å². The Morgan fingerprint density at radius 3 is 2.79 bits per heavy atom. The van der Waals surface area contributed by atoms with E-state index in [1.165, 1.54) is 35.5 Å². The number of aromatic nitrogens is 4. The van der Waals surface area contributed by atoms with Gasteiger partial charge in [-0.1, -0.05) is 12.1 Å². The van der Waals surface area contributed by atoms with E-state index >= 15 is 0 Å². The number of rotatable bonds is 7. The molecule has 142 valence electrons. The van der Waals surface area contributed by atoms with Gasteiger partial charge in [0.25, 0.3) is 11.6 Å². The zero-order chi connectivity index (χ0) is 19.9. The van der Waals surface area contributed by atoms with Crippen molar-refractivity contribution >= 4 is 17.5 Å². The third-order valence-corrected chi connectivity index (χ3v) is 3.71. The SMILES string of the molecule is O=C(CNC(=O)c1cccc([N+](=O)[O-])c1)NCc1cccnc1-n1cncn1. The van der Waals surface area contributed by atoms with Gasteiger partial charge in [0.05, 0.1) is 11.5 Å². The second kappa shape index (κ2) is 8.49. The van der Waals surface area contributed by atoms with E-state index < -0.39 is 16.7 Å². The molecule has 2 heterocycles. The lowest BCUT2D eigenvalue weighted by Gasteiger charge is -2.10. The van der Waals surface area contributed by atoms with E-state index in [1.807, 2.05) is 0 Å². The van der Waals surface area contributed by atoms with Crippen LogP contribution in [-0.4, -0.2) is 43.0 Å². The molecule has 2 amide bonds. The zero-order valence-corrected chi connectivity index (χ0v) is 14.5. The highest BCUT2D eigenvalue weighted by Gasteiger charge is 2.13. The van der Waals surface area contributed by atoms with E-state index in [0.29, 0.717) is 11.4 Å². The van der Waals surface area contributed by atoms with Gasteiger partial charge in [-0.2, -0.15) is 5.10 Å². The number of carbonyl (C=O) groups excluding carboxylic acids is 2. The van der Waals surface area contributed by atoms with Crippen LogP contribution >= 0.6 is 0 Å². The van der Waals surface area contributed by atoms with Crippen LogP contribution in [0.5, 0.6) is 0 Å². The molecule has 0 saturated heterocycles. The minimum absolute atomic E-state index is 0.0997. The number of non-ortho nitro benzene ring substituents is 1. The first-order valence-corrected chi connectivity index (χ1v) is 8.13. The maximum Gasteiger partial charge on any atom is 0.270 e. The lowest BCUT2D eigenvalue weighted by Crippen LogP contribution is -2.36. The normalized spacial score (nSPS) is 10.3. The van der Waals surface area contributed by atoms with E-state index in [2.05, 4.69) is 25.7 Å². The molecule has 0 aliphatic heterocycles. The van der Waals surface area contributed by atoms with Gasteiger partial charge in [0.1, 0.15) is 12.7 Å². The molecule has 2 N–H and O–H groups in total. The maximum absolute atomic E-state index is 12.1.